The third-order valence-corrected chi connectivity index (χ3v) is 3.22. The molecule has 0 saturated heterocycles. The molecular weight excluding hydrogens is 174 g/mol. The Morgan fingerprint density at radius 3 is 2.93 bits per heavy atom. The lowest BCUT2D eigenvalue weighted by molar-refractivity contribution is 0.432. The van der Waals surface area contributed by atoms with Gasteiger partial charge in [0.05, 0.1) is 5.54 Å². The average molecular weight is 193 g/mol. The van der Waals surface area contributed by atoms with Crippen molar-refractivity contribution in [3.8, 4) is 0 Å². The fraction of sp³-hybridized carbons (Fsp3) is 0.727. The minimum absolute atomic E-state index is 0.0925. The Morgan fingerprint density at radius 2 is 2.21 bits per heavy atom. The van der Waals surface area contributed by atoms with Gasteiger partial charge in [-0.2, -0.15) is 0 Å². The molecule has 0 fully saturated rings. The number of nitrogens with one attached hydrogen (secondary N) is 1. The molecule has 0 aromatic heterocycles. The highest BCUT2D eigenvalue weighted by molar-refractivity contribution is 5.82. The van der Waals surface area contributed by atoms with Crippen LogP contribution in [0.2, 0.25) is 0 Å². The molecule has 3 heteroatoms. The van der Waals surface area contributed by atoms with Crippen LogP contribution in [0, 0.1) is 5.92 Å². The minimum atomic E-state index is -0.0925. The summed E-state index contributed by atoms with van der Waals surface area (Å²) >= 11 is 0. The van der Waals surface area contributed by atoms with E-state index >= 15 is 0 Å². The number of hydrogen-bond acceptors (Lipinski definition) is 3. The number of aliphatic imine (C=N–C) groups is 1. The van der Waals surface area contributed by atoms with Crippen molar-refractivity contribution in [2.45, 2.75) is 45.6 Å². The van der Waals surface area contributed by atoms with Crippen molar-refractivity contribution in [3.05, 3.63) is 11.3 Å². The summed E-state index contributed by atoms with van der Waals surface area (Å²) in [5.41, 5.74) is 8.44. The molecule has 14 heavy (non-hydrogen) atoms. The zero-order valence-electron chi connectivity index (χ0n) is 9.22. The van der Waals surface area contributed by atoms with Crippen LogP contribution in [0.3, 0.4) is 0 Å². The van der Waals surface area contributed by atoms with Gasteiger partial charge in [0.25, 0.3) is 0 Å². The summed E-state index contributed by atoms with van der Waals surface area (Å²) in [4.78, 5) is 4.45. The van der Waals surface area contributed by atoms with Crippen molar-refractivity contribution in [1.82, 2.24) is 5.32 Å². The van der Waals surface area contributed by atoms with Crippen molar-refractivity contribution in [2.75, 3.05) is 0 Å². The quantitative estimate of drug-likeness (QED) is 0.616. The van der Waals surface area contributed by atoms with Crippen LogP contribution < -0.4 is 11.1 Å². The monoisotopic (exact) mass is 193 g/mol. The topological polar surface area (TPSA) is 50.4 Å². The van der Waals surface area contributed by atoms with Gasteiger partial charge in [0.1, 0.15) is 0 Å². The molecule has 78 valence electrons. The maximum absolute atomic E-state index is 5.77. The van der Waals surface area contributed by atoms with Crippen molar-refractivity contribution >= 4 is 5.96 Å². The molecule has 0 bridgehead atoms. The second kappa shape index (κ2) is 3.01. The van der Waals surface area contributed by atoms with Crippen LogP contribution in [0.1, 0.15) is 40.0 Å². The molecule has 3 nitrogen and oxygen atoms in total. The third-order valence-electron chi connectivity index (χ3n) is 3.22. The average Bonchev–Trinajstić information content (AvgIpc) is 2.00. The van der Waals surface area contributed by atoms with Gasteiger partial charge in [-0.3, -0.25) is 0 Å². The van der Waals surface area contributed by atoms with E-state index in [1.165, 1.54) is 17.7 Å². The Morgan fingerprint density at radius 1 is 1.50 bits per heavy atom. The molecular formula is C11H19N3. The number of guanidine groups is 1. The first-order valence-electron chi connectivity index (χ1n) is 5.34. The highest BCUT2D eigenvalue weighted by Crippen LogP contribution is 2.37. The molecule has 0 aromatic rings. The van der Waals surface area contributed by atoms with E-state index in [0.717, 1.165) is 18.8 Å². The summed E-state index contributed by atoms with van der Waals surface area (Å²) in [7, 11) is 0. The molecule has 1 heterocycles. The first kappa shape index (κ1) is 9.56. The summed E-state index contributed by atoms with van der Waals surface area (Å²) in [5.74, 6) is 1.34. The van der Waals surface area contributed by atoms with Gasteiger partial charge in [0.2, 0.25) is 0 Å². The van der Waals surface area contributed by atoms with E-state index in [4.69, 9.17) is 5.73 Å². The summed E-state index contributed by atoms with van der Waals surface area (Å²) < 4.78 is 0. The Labute approximate surface area is 85.5 Å². The van der Waals surface area contributed by atoms with Crippen LogP contribution in [-0.2, 0) is 0 Å². The second-order valence-corrected chi connectivity index (χ2v) is 4.99. The highest BCUT2D eigenvalue weighted by atomic mass is 15.1. The van der Waals surface area contributed by atoms with E-state index in [-0.39, 0.29) is 5.54 Å². The molecule has 0 spiro atoms. The zero-order valence-corrected chi connectivity index (χ0v) is 9.22. The molecule has 2 aliphatic rings. The molecule has 3 N–H and O–H groups in total. The fourth-order valence-corrected chi connectivity index (χ4v) is 2.47. The first-order chi connectivity index (χ1) is 6.49. The number of rotatable bonds is 0. The summed E-state index contributed by atoms with van der Waals surface area (Å²) in [6.07, 6.45) is 3.56. The Kier molecular flexibility index (Phi) is 2.05. The maximum Gasteiger partial charge on any atom is 0.193 e. The number of allylic oxidation sites excluding steroid dienone is 1. The van der Waals surface area contributed by atoms with Gasteiger partial charge in [0, 0.05) is 5.70 Å². The van der Waals surface area contributed by atoms with Crippen molar-refractivity contribution in [2.24, 2.45) is 16.6 Å². The zero-order chi connectivity index (χ0) is 10.3. The van der Waals surface area contributed by atoms with Crippen LogP contribution in [0.15, 0.2) is 16.3 Å². The van der Waals surface area contributed by atoms with Crippen LogP contribution in [0.5, 0.6) is 0 Å². The van der Waals surface area contributed by atoms with Gasteiger partial charge >= 0.3 is 0 Å². The predicted octanol–water partition coefficient (Wildman–Crippen LogP) is 1.76. The molecule has 0 radical (unpaired) electrons. The number of nitrogens with zero attached hydrogens (tertiary/aromatic N) is 1. The van der Waals surface area contributed by atoms with Gasteiger partial charge < -0.3 is 11.1 Å². The molecule has 1 aliphatic carbocycles. The molecule has 1 aliphatic heterocycles. The molecule has 1 unspecified atom stereocenters. The van der Waals surface area contributed by atoms with E-state index in [0.29, 0.717) is 5.96 Å². The van der Waals surface area contributed by atoms with E-state index in [1.807, 2.05) is 0 Å². The van der Waals surface area contributed by atoms with Crippen LogP contribution >= 0.6 is 0 Å². The third kappa shape index (κ3) is 1.51. The van der Waals surface area contributed by atoms with Crippen molar-refractivity contribution < 1.29 is 0 Å². The van der Waals surface area contributed by atoms with Gasteiger partial charge in [-0.15, -0.1) is 0 Å². The van der Waals surface area contributed by atoms with E-state index < -0.39 is 0 Å². The molecule has 0 saturated carbocycles. The lowest BCUT2D eigenvalue weighted by atomic mass is 9.79. The standard InChI is InChI=1S/C11H19N3/c1-7-4-5-8-9(6-7)13-10(12)14-11(8,2)3/h7H,4-6H2,1-3H3,(H3,12,13,14). The Bertz CT molecular complexity index is 312. The van der Waals surface area contributed by atoms with Gasteiger partial charge in [-0.25, -0.2) is 4.99 Å². The SMILES string of the molecule is CC1CCC2=C(C1)NC(N)=NC2(C)C. The van der Waals surface area contributed by atoms with Crippen LogP contribution in [0.4, 0.5) is 0 Å². The predicted molar refractivity (Wildman–Crippen MR) is 58.9 cm³/mol. The van der Waals surface area contributed by atoms with Crippen LogP contribution in [-0.4, -0.2) is 11.5 Å². The molecule has 1 atom stereocenters. The summed E-state index contributed by atoms with van der Waals surface area (Å²) in [6, 6.07) is 0. The van der Waals surface area contributed by atoms with E-state index in [2.05, 4.69) is 31.1 Å². The van der Waals surface area contributed by atoms with Crippen molar-refractivity contribution in [1.29, 1.82) is 0 Å². The first-order valence-corrected chi connectivity index (χ1v) is 5.34. The smallest absolute Gasteiger partial charge is 0.193 e. The lowest BCUT2D eigenvalue weighted by Crippen LogP contribution is -2.43. The number of nitrogens with two attached hydrogens (primary N) is 1. The van der Waals surface area contributed by atoms with E-state index in [1.54, 1.807) is 0 Å². The highest BCUT2D eigenvalue weighted by Gasteiger charge is 2.32. The van der Waals surface area contributed by atoms with E-state index in [9.17, 15) is 0 Å². The summed E-state index contributed by atoms with van der Waals surface area (Å²) in [5, 5.41) is 3.21. The normalized spacial score (nSPS) is 30.5. The second-order valence-electron chi connectivity index (χ2n) is 4.99. The summed E-state index contributed by atoms with van der Waals surface area (Å²) in [6.45, 7) is 6.58. The molecule has 0 amide bonds. The van der Waals surface area contributed by atoms with Gasteiger partial charge in [-0.1, -0.05) is 6.92 Å². The van der Waals surface area contributed by atoms with Gasteiger partial charge in [-0.05, 0) is 44.6 Å². The lowest BCUT2D eigenvalue weighted by Gasteiger charge is -2.36. The number of hydrogen-bond donors (Lipinski definition) is 2. The largest absolute Gasteiger partial charge is 0.370 e. The Hall–Kier alpha value is -0.990. The van der Waals surface area contributed by atoms with Crippen molar-refractivity contribution in [3.63, 3.8) is 0 Å². The maximum atomic E-state index is 5.77. The molecule has 0 aromatic carbocycles. The fourth-order valence-electron chi connectivity index (χ4n) is 2.47. The van der Waals surface area contributed by atoms with Gasteiger partial charge in [0.15, 0.2) is 5.96 Å². The van der Waals surface area contributed by atoms with Crippen LogP contribution in [0.25, 0.3) is 0 Å². The molecule has 2 rings (SSSR count). The Balaban J connectivity index is 2.33. The minimum Gasteiger partial charge on any atom is -0.370 e.